The van der Waals surface area contributed by atoms with E-state index in [4.69, 9.17) is 0 Å². The zero-order valence-electron chi connectivity index (χ0n) is 13.5. The molecule has 0 amide bonds. The van der Waals surface area contributed by atoms with Gasteiger partial charge in [-0.2, -0.15) is 0 Å². The summed E-state index contributed by atoms with van der Waals surface area (Å²) in [7, 11) is 0. The molecule has 0 heterocycles. The largest absolute Gasteiger partial charge is 0.0616 e. The van der Waals surface area contributed by atoms with Crippen molar-refractivity contribution in [2.45, 2.75) is 0 Å². The van der Waals surface area contributed by atoms with Crippen molar-refractivity contribution >= 4 is 48.2 Å². The zero-order chi connectivity index (χ0) is 16.8. The fourth-order valence-corrected chi connectivity index (χ4v) is 4.27. The fraction of sp³-hybridized carbons (Fsp3) is 0. The van der Waals surface area contributed by atoms with E-state index in [2.05, 4.69) is 107 Å². The molecule has 5 aromatic carbocycles. The molecule has 0 fully saturated rings. The summed E-state index contributed by atoms with van der Waals surface area (Å²) in [5.41, 5.74) is 2.54. The lowest BCUT2D eigenvalue weighted by Crippen LogP contribution is -1.87. The minimum atomic E-state index is 1.13. The van der Waals surface area contributed by atoms with Gasteiger partial charge in [0.15, 0.2) is 0 Å². The molecular formula is C24H15Br. The van der Waals surface area contributed by atoms with Crippen LogP contribution in [-0.4, -0.2) is 0 Å². The second kappa shape index (κ2) is 5.72. The minimum Gasteiger partial charge on any atom is -0.0616 e. The van der Waals surface area contributed by atoms with Crippen LogP contribution in [0.3, 0.4) is 0 Å². The van der Waals surface area contributed by atoms with Gasteiger partial charge in [-0.15, -0.1) is 0 Å². The van der Waals surface area contributed by atoms with Gasteiger partial charge in [-0.3, -0.25) is 0 Å². The SMILES string of the molecule is Brc1cc2ccccc2cc1-c1c2ccccc2cc2ccccc12. The predicted molar refractivity (Wildman–Crippen MR) is 112 cm³/mol. The first-order chi connectivity index (χ1) is 12.3. The molecule has 0 spiro atoms. The van der Waals surface area contributed by atoms with E-state index < -0.39 is 0 Å². The van der Waals surface area contributed by atoms with Crippen molar-refractivity contribution in [2.75, 3.05) is 0 Å². The summed E-state index contributed by atoms with van der Waals surface area (Å²) < 4.78 is 1.13. The van der Waals surface area contributed by atoms with Crippen LogP contribution in [0.5, 0.6) is 0 Å². The van der Waals surface area contributed by atoms with E-state index in [1.807, 2.05) is 0 Å². The molecule has 0 bridgehead atoms. The number of rotatable bonds is 1. The lowest BCUT2D eigenvalue weighted by atomic mass is 9.91. The Morgan fingerprint density at radius 3 is 1.56 bits per heavy atom. The smallest absolute Gasteiger partial charge is 0.0260 e. The Morgan fingerprint density at radius 1 is 0.480 bits per heavy atom. The molecule has 25 heavy (non-hydrogen) atoms. The van der Waals surface area contributed by atoms with Gasteiger partial charge < -0.3 is 0 Å². The molecule has 0 aliphatic heterocycles. The lowest BCUT2D eigenvalue weighted by molar-refractivity contribution is 1.66. The number of halogens is 1. The van der Waals surface area contributed by atoms with Crippen LogP contribution in [0.25, 0.3) is 43.4 Å². The fourth-order valence-electron chi connectivity index (χ4n) is 3.71. The summed E-state index contributed by atoms with van der Waals surface area (Å²) in [6.07, 6.45) is 0. The van der Waals surface area contributed by atoms with E-state index in [0.29, 0.717) is 0 Å². The molecule has 0 aliphatic carbocycles. The molecule has 0 nitrogen and oxygen atoms in total. The Labute approximate surface area is 154 Å². The number of hydrogen-bond acceptors (Lipinski definition) is 0. The van der Waals surface area contributed by atoms with E-state index in [1.165, 1.54) is 43.4 Å². The summed E-state index contributed by atoms with van der Waals surface area (Å²) in [6, 6.07) is 32.6. The average Bonchev–Trinajstić information content (AvgIpc) is 2.66. The molecule has 0 N–H and O–H groups in total. The maximum Gasteiger partial charge on any atom is 0.0260 e. The molecule has 5 rings (SSSR count). The maximum absolute atomic E-state index is 3.83. The highest BCUT2D eigenvalue weighted by molar-refractivity contribution is 9.10. The van der Waals surface area contributed by atoms with E-state index >= 15 is 0 Å². The van der Waals surface area contributed by atoms with E-state index in [-0.39, 0.29) is 0 Å². The molecule has 118 valence electrons. The van der Waals surface area contributed by atoms with Crippen LogP contribution < -0.4 is 0 Å². The maximum atomic E-state index is 3.83. The second-order valence-corrected chi connectivity index (χ2v) is 7.23. The van der Waals surface area contributed by atoms with Gasteiger partial charge in [0.2, 0.25) is 0 Å². The van der Waals surface area contributed by atoms with Gasteiger partial charge in [0, 0.05) is 4.47 Å². The normalized spacial score (nSPS) is 11.4. The molecule has 1 heteroatoms. The van der Waals surface area contributed by atoms with Crippen molar-refractivity contribution < 1.29 is 0 Å². The van der Waals surface area contributed by atoms with Crippen LogP contribution in [0.1, 0.15) is 0 Å². The standard InChI is InChI=1S/C24H15Br/c25-23-15-17-8-2-1-7-16(17)14-22(23)24-20-11-5-3-9-18(20)13-19-10-4-6-12-21(19)24/h1-15H. The number of benzene rings is 5. The molecule has 0 aliphatic rings. The number of fused-ring (bicyclic) bond motifs is 3. The quantitative estimate of drug-likeness (QED) is 0.262. The molecule has 5 aromatic rings. The van der Waals surface area contributed by atoms with Crippen molar-refractivity contribution in [1.29, 1.82) is 0 Å². The summed E-state index contributed by atoms with van der Waals surface area (Å²) in [5, 5.41) is 7.64. The van der Waals surface area contributed by atoms with Crippen molar-refractivity contribution in [2.24, 2.45) is 0 Å². The van der Waals surface area contributed by atoms with Gasteiger partial charge in [0.1, 0.15) is 0 Å². The van der Waals surface area contributed by atoms with Crippen LogP contribution in [0.4, 0.5) is 0 Å². The van der Waals surface area contributed by atoms with Crippen LogP contribution >= 0.6 is 15.9 Å². The van der Waals surface area contributed by atoms with Crippen LogP contribution in [0.2, 0.25) is 0 Å². The van der Waals surface area contributed by atoms with Gasteiger partial charge in [-0.05, 0) is 61.6 Å². The van der Waals surface area contributed by atoms with Crippen molar-refractivity contribution in [3.8, 4) is 11.1 Å². The summed E-state index contributed by atoms with van der Waals surface area (Å²) in [5.74, 6) is 0. The van der Waals surface area contributed by atoms with Gasteiger partial charge >= 0.3 is 0 Å². The van der Waals surface area contributed by atoms with Gasteiger partial charge in [0.25, 0.3) is 0 Å². The second-order valence-electron chi connectivity index (χ2n) is 6.37. The zero-order valence-corrected chi connectivity index (χ0v) is 15.1. The Bertz CT molecular complexity index is 1200. The van der Waals surface area contributed by atoms with Crippen LogP contribution in [0, 0.1) is 0 Å². The van der Waals surface area contributed by atoms with Crippen molar-refractivity contribution in [3.05, 3.63) is 95.5 Å². The molecule has 0 saturated carbocycles. The Balaban J connectivity index is 1.98. The highest BCUT2D eigenvalue weighted by atomic mass is 79.9. The van der Waals surface area contributed by atoms with Crippen LogP contribution in [0.15, 0.2) is 95.5 Å². The summed E-state index contributed by atoms with van der Waals surface area (Å²) >= 11 is 3.83. The monoisotopic (exact) mass is 382 g/mol. The highest BCUT2D eigenvalue weighted by Crippen LogP contribution is 2.41. The van der Waals surface area contributed by atoms with Crippen molar-refractivity contribution in [3.63, 3.8) is 0 Å². The number of hydrogen-bond donors (Lipinski definition) is 0. The Kier molecular flexibility index (Phi) is 3.36. The molecule has 0 unspecified atom stereocenters. The van der Waals surface area contributed by atoms with E-state index in [0.717, 1.165) is 4.47 Å². The lowest BCUT2D eigenvalue weighted by Gasteiger charge is -2.14. The minimum absolute atomic E-state index is 1.13. The van der Waals surface area contributed by atoms with Gasteiger partial charge in [0.05, 0.1) is 0 Å². The van der Waals surface area contributed by atoms with E-state index in [1.54, 1.807) is 0 Å². The third-order valence-corrected chi connectivity index (χ3v) is 5.53. The van der Waals surface area contributed by atoms with Gasteiger partial charge in [-0.25, -0.2) is 0 Å². The summed E-state index contributed by atoms with van der Waals surface area (Å²) in [6.45, 7) is 0. The first kappa shape index (κ1) is 14.7. The average molecular weight is 383 g/mol. The first-order valence-electron chi connectivity index (χ1n) is 8.40. The van der Waals surface area contributed by atoms with Crippen LogP contribution in [-0.2, 0) is 0 Å². The van der Waals surface area contributed by atoms with E-state index in [9.17, 15) is 0 Å². The third kappa shape index (κ3) is 2.35. The first-order valence-corrected chi connectivity index (χ1v) is 9.20. The third-order valence-electron chi connectivity index (χ3n) is 4.88. The Hall–Kier alpha value is -2.64. The topological polar surface area (TPSA) is 0 Å². The molecular weight excluding hydrogens is 368 g/mol. The Morgan fingerprint density at radius 2 is 0.960 bits per heavy atom. The molecule has 0 radical (unpaired) electrons. The summed E-state index contributed by atoms with van der Waals surface area (Å²) in [4.78, 5) is 0. The van der Waals surface area contributed by atoms with Crippen molar-refractivity contribution in [1.82, 2.24) is 0 Å². The highest BCUT2D eigenvalue weighted by Gasteiger charge is 2.13. The van der Waals surface area contributed by atoms with Gasteiger partial charge in [-0.1, -0.05) is 88.7 Å². The molecule has 0 atom stereocenters. The molecule has 0 aromatic heterocycles. The molecule has 0 saturated heterocycles. The predicted octanol–water partition coefficient (Wildman–Crippen LogP) is 7.58.